The highest BCUT2D eigenvalue weighted by Crippen LogP contribution is 2.10. The lowest BCUT2D eigenvalue weighted by atomic mass is 10.2. The number of benzene rings is 1. The highest BCUT2D eigenvalue weighted by Gasteiger charge is 2.08. The fraction of sp³-hybridized carbons (Fsp3) is 0.167. The third-order valence-electron chi connectivity index (χ3n) is 2.61. The van der Waals surface area contributed by atoms with Crippen LogP contribution in [0.2, 0.25) is 0 Å². The van der Waals surface area contributed by atoms with E-state index in [2.05, 4.69) is 10.4 Å². The predicted octanol–water partition coefficient (Wildman–Crippen LogP) is -0.145. The normalized spacial score (nSPS) is 10.2. The van der Waals surface area contributed by atoms with Crippen molar-refractivity contribution >= 4 is 28.8 Å². The zero-order valence-corrected chi connectivity index (χ0v) is 11.6. The van der Waals surface area contributed by atoms with E-state index in [1.807, 2.05) is 0 Å². The van der Waals surface area contributed by atoms with Gasteiger partial charge in [-0.3, -0.25) is 9.36 Å². The molecular weight excluding hydrogens is 278 g/mol. The molecule has 1 heterocycles. The molecule has 2 rings (SSSR count). The Morgan fingerprint density at radius 2 is 2.25 bits per heavy atom. The maximum absolute atomic E-state index is 11.8. The average Bonchev–Trinajstić information content (AvgIpc) is 2.71. The summed E-state index contributed by atoms with van der Waals surface area (Å²) in [5.41, 5.74) is 6.39. The molecular formula is C12H13N5O2S. The number of nitrogens with two attached hydrogens (primary N) is 1. The van der Waals surface area contributed by atoms with Crippen LogP contribution in [-0.2, 0) is 18.4 Å². The van der Waals surface area contributed by atoms with Crippen LogP contribution in [0.4, 0.5) is 5.69 Å². The van der Waals surface area contributed by atoms with Gasteiger partial charge in [-0.25, -0.2) is 9.48 Å². The number of carbonyl (C=O) groups excluding carboxylic acids is 1. The van der Waals surface area contributed by atoms with Gasteiger partial charge in [0.15, 0.2) is 0 Å². The highest BCUT2D eigenvalue weighted by atomic mass is 32.1. The molecule has 0 atom stereocenters. The van der Waals surface area contributed by atoms with E-state index < -0.39 is 0 Å². The summed E-state index contributed by atoms with van der Waals surface area (Å²) >= 11 is 4.87. The van der Waals surface area contributed by atoms with Gasteiger partial charge in [-0.15, -0.1) is 0 Å². The first-order chi connectivity index (χ1) is 9.47. The zero-order chi connectivity index (χ0) is 14.7. The van der Waals surface area contributed by atoms with Gasteiger partial charge in [0.05, 0.1) is 0 Å². The number of hydrogen-bond donors (Lipinski definition) is 2. The van der Waals surface area contributed by atoms with Crippen LogP contribution in [0.5, 0.6) is 0 Å². The van der Waals surface area contributed by atoms with Gasteiger partial charge >= 0.3 is 5.69 Å². The molecule has 0 radical (unpaired) electrons. The number of nitrogens with zero attached hydrogens (tertiary/aromatic N) is 3. The number of nitrogens with one attached hydrogen (secondary N) is 1. The van der Waals surface area contributed by atoms with Crippen molar-refractivity contribution in [2.24, 2.45) is 12.8 Å². The summed E-state index contributed by atoms with van der Waals surface area (Å²) in [5, 5.41) is 6.47. The number of anilines is 1. The highest BCUT2D eigenvalue weighted by molar-refractivity contribution is 7.80. The summed E-state index contributed by atoms with van der Waals surface area (Å²) < 4.78 is 2.37. The monoisotopic (exact) mass is 291 g/mol. The van der Waals surface area contributed by atoms with E-state index in [1.54, 1.807) is 31.3 Å². The van der Waals surface area contributed by atoms with Gasteiger partial charge in [-0.1, -0.05) is 24.4 Å². The Balaban J connectivity index is 2.08. The van der Waals surface area contributed by atoms with Gasteiger partial charge in [0.25, 0.3) is 0 Å². The maximum atomic E-state index is 11.8. The molecule has 0 aliphatic heterocycles. The zero-order valence-electron chi connectivity index (χ0n) is 10.7. The number of hydrogen-bond acceptors (Lipinski definition) is 4. The van der Waals surface area contributed by atoms with Gasteiger partial charge < -0.3 is 11.1 Å². The van der Waals surface area contributed by atoms with Crippen LogP contribution < -0.4 is 16.7 Å². The smallest absolute Gasteiger partial charge is 0.345 e. The molecule has 7 nitrogen and oxygen atoms in total. The Morgan fingerprint density at radius 1 is 1.50 bits per heavy atom. The van der Waals surface area contributed by atoms with Crippen LogP contribution in [0.1, 0.15) is 5.56 Å². The van der Waals surface area contributed by atoms with Crippen molar-refractivity contribution in [3.05, 3.63) is 46.6 Å². The van der Waals surface area contributed by atoms with Crippen molar-refractivity contribution in [1.29, 1.82) is 0 Å². The van der Waals surface area contributed by atoms with E-state index in [9.17, 15) is 9.59 Å². The molecule has 1 aromatic heterocycles. The topological polar surface area (TPSA) is 94.9 Å². The number of carbonyl (C=O) groups is 1. The van der Waals surface area contributed by atoms with Gasteiger partial charge in [0, 0.05) is 18.3 Å². The molecule has 0 bridgehead atoms. The molecule has 1 amide bonds. The van der Waals surface area contributed by atoms with Crippen LogP contribution >= 0.6 is 12.2 Å². The van der Waals surface area contributed by atoms with Crippen molar-refractivity contribution in [2.75, 3.05) is 5.32 Å². The molecule has 8 heteroatoms. The van der Waals surface area contributed by atoms with Crippen LogP contribution in [0.25, 0.3) is 0 Å². The van der Waals surface area contributed by atoms with Gasteiger partial charge in [0.2, 0.25) is 5.91 Å². The minimum atomic E-state index is -0.356. The lowest BCUT2D eigenvalue weighted by Gasteiger charge is -2.06. The third kappa shape index (κ3) is 3.09. The van der Waals surface area contributed by atoms with Gasteiger partial charge in [-0.05, 0) is 12.1 Å². The molecule has 104 valence electrons. The largest absolute Gasteiger partial charge is 0.389 e. The third-order valence-corrected chi connectivity index (χ3v) is 2.85. The Kier molecular flexibility index (Phi) is 3.94. The first kappa shape index (κ1) is 13.9. The van der Waals surface area contributed by atoms with E-state index in [1.165, 1.54) is 10.9 Å². The van der Waals surface area contributed by atoms with Crippen LogP contribution in [0.15, 0.2) is 35.4 Å². The molecule has 0 spiro atoms. The molecule has 2 aromatic rings. The first-order valence-corrected chi connectivity index (χ1v) is 6.16. The molecule has 0 saturated carbocycles. The Morgan fingerprint density at radius 3 is 2.85 bits per heavy atom. The van der Waals surface area contributed by atoms with E-state index in [-0.39, 0.29) is 23.1 Å². The van der Waals surface area contributed by atoms with E-state index in [0.29, 0.717) is 11.3 Å². The molecule has 20 heavy (non-hydrogen) atoms. The SMILES string of the molecule is Cn1cnn(CC(=O)Nc2cccc(C(N)=S)c2)c1=O. The minimum absolute atomic E-state index is 0.156. The van der Waals surface area contributed by atoms with Gasteiger partial charge in [-0.2, -0.15) is 5.10 Å². The number of rotatable bonds is 4. The van der Waals surface area contributed by atoms with Gasteiger partial charge in [0.1, 0.15) is 17.9 Å². The van der Waals surface area contributed by atoms with Crippen LogP contribution in [0.3, 0.4) is 0 Å². The standard InChI is InChI=1S/C12H13N5O2S/c1-16-7-14-17(12(16)19)6-10(18)15-9-4-2-3-8(5-9)11(13)20/h2-5,7H,6H2,1H3,(H2,13,20)(H,15,18). The number of amides is 1. The summed E-state index contributed by atoms with van der Waals surface area (Å²) in [4.78, 5) is 23.6. The maximum Gasteiger partial charge on any atom is 0.345 e. The summed E-state index contributed by atoms with van der Waals surface area (Å²) in [6, 6.07) is 6.86. The second kappa shape index (κ2) is 5.66. The number of thiocarbonyl (C=S) groups is 1. The van der Waals surface area contributed by atoms with Crippen molar-refractivity contribution in [1.82, 2.24) is 14.3 Å². The molecule has 0 saturated heterocycles. The second-order valence-corrected chi connectivity index (χ2v) is 4.62. The van der Waals surface area contributed by atoms with Crippen LogP contribution in [-0.4, -0.2) is 25.2 Å². The van der Waals surface area contributed by atoms with E-state index in [0.717, 1.165) is 4.68 Å². The van der Waals surface area contributed by atoms with E-state index >= 15 is 0 Å². The van der Waals surface area contributed by atoms with Crippen LogP contribution in [0, 0.1) is 0 Å². The average molecular weight is 291 g/mol. The summed E-state index contributed by atoms with van der Waals surface area (Å²) in [7, 11) is 1.56. The molecule has 0 unspecified atom stereocenters. The molecule has 0 aliphatic carbocycles. The fourth-order valence-electron chi connectivity index (χ4n) is 1.62. The van der Waals surface area contributed by atoms with Crippen molar-refractivity contribution < 1.29 is 4.79 Å². The van der Waals surface area contributed by atoms with Crippen molar-refractivity contribution in [3.8, 4) is 0 Å². The summed E-state index contributed by atoms with van der Waals surface area (Å²) in [6.45, 7) is -0.156. The molecule has 0 fully saturated rings. The lowest BCUT2D eigenvalue weighted by molar-refractivity contribution is -0.117. The number of aromatic nitrogens is 3. The second-order valence-electron chi connectivity index (χ2n) is 4.18. The Hall–Kier alpha value is -2.48. The number of aryl methyl sites for hydroxylation is 1. The predicted molar refractivity (Wildman–Crippen MR) is 78.4 cm³/mol. The molecule has 0 aliphatic rings. The lowest BCUT2D eigenvalue weighted by Crippen LogP contribution is -2.29. The first-order valence-electron chi connectivity index (χ1n) is 5.75. The molecule has 1 aromatic carbocycles. The Labute approximate surface area is 120 Å². The quantitative estimate of drug-likeness (QED) is 0.764. The minimum Gasteiger partial charge on any atom is -0.389 e. The van der Waals surface area contributed by atoms with Crippen molar-refractivity contribution in [3.63, 3.8) is 0 Å². The van der Waals surface area contributed by atoms with E-state index in [4.69, 9.17) is 18.0 Å². The molecule has 3 N–H and O–H groups in total. The summed E-state index contributed by atoms with van der Waals surface area (Å²) in [6.07, 6.45) is 1.35. The fourth-order valence-corrected chi connectivity index (χ4v) is 1.74. The van der Waals surface area contributed by atoms with Crippen molar-refractivity contribution in [2.45, 2.75) is 6.54 Å². The Bertz CT molecular complexity index is 719. The summed E-state index contributed by atoms with van der Waals surface area (Å²) in [5.74, 6) is -0.356.